The van der Waals surface area contributed by atoms with E-state index in [-0.39, 0.29) is 6.04 Å². The predicted octanol–water partition coefficient (Wildman–Crippen LogP) is 2.36. The minimum atomic E-state index is -0.821. The van der Waals surface area contributed by atoms with Gasteiger partial charge in [-0.25, -0.2) is 8.78 Å². The van der Waals surface area contributed by atoms with Gasteiger partial charge in [-0.1, -0.05) is 6.07 Å². The summed E-state index contributed by atoms with van der Waals surface area (Å²) in [5.41, 5.74) is 3.41. The Labute approximate surface area is 97.6 Å². The predicted molar refractivity (Wildman–Crippen MR) is 61.9 cm³/mol. The molecule has 1 aliphatic rings. The van der Waals surface area contributed by atoms with Crippen molar-refractivity contribution in [2.75, 3.05) is 5.75 Å². The van der Waals surface area contributed by atoms with E-state index in [0.717, 1.165) is 24.7 Å². The van der Waals surface area contributed by atoms with Gasteiger partial charge >= 0.3 is 0 Å². The van der Waals surface area contributed by atoms with Crippen molar-refractivity contribution < 1.29 is 8.78 Å². The van der Waals surface area contributed by atoms with E-state index in [1.807, 2.05) is 11.8 Å². The molecular formula is C11H14F2N2S. The van der Waals surface area contributed by atoms with E-state index in [2.05, 4.69) is 5.43 Å². The number of nitrogens with one attached hydrogen (secondary N) is 1. The Bertz CT molecular complexity index is 367. The molecule has 3 N–H and O–H groups in total. The number of thioether (sulfide) groups is 1. The molecule has 0 aromatic heterocycles. The van der Waals surface area contributed by atoms with Crippen molar-refractivity contribution in [1.29, 1.82) is 0 Å². The fourth-order valence-corrected chi connectivity index (χ4v) is 3.39. The number of halogens is 2. The Kier molecular flexibility index (Phi) is 3.78. The molecule has 5 heteroatoms. The zero-order chi connectivity index (χ0) is 11.5. The van der Waals surface area contributed by atoms with Gasteiger partial charge in [0.1, 0.15) is 0 Å². The summed E-state index contributed by atoms with van der Waals surface area (Å²) >= 11 is 1.82. The van der Waals surface area contributed by atoms with Gasteiger partial charge < -0.3 is 0 Å². The molecule has 0 amide bonds. The van der Waals surface area contributed by atoms with Crippen LogP contribution in [0.3, 0.4) is 0 Å². The third-order valence-corrected chi connectivity index (χ3v) is 4.28. The Morgan fingerprint density at radius 2 is 2.19 bits per heavy atom. The summed E-state index contributed by atoms with van der Waals surface area (Å²) in [6.45, 7) is 0. The first-order valence-electron chi connectivity index (χ1n) is 5.25. The first-order valence-corrected chi connectivity index (χ1v) is 6.30. The highest BCUT2D eigenvalue weighted by Crippen LogP contribution is 2.35. The Balaban J connectivity index is 2.22. The molecule has 1 fully saturated rings. The summed E-state index contributed by atoms with van der Waals surface area (Å²) in [5, 5.41) is 0.342. The molecule has 0 saturated carbocycles. The van der Waals surface area contributed by atoms with E-state index >= 15 is 0 Å². The minimum absolute atomic E-state index is 0.109. The van der Waals surface area contributed by atoms with Gasteiger partial charge in [0, 0.05) is 5.25 Å². The SMILES string of the molecule is NNC(c1ccc(F)c(F)c1)C1CCCS1. The lowest BCUT2D eigenvalue weighted by Crippen LogP contribution is -2.34. The van der Waals surface area contributed by atoms with Gasteiger partial charge in [0.05, 0.1) is 6.04 Å². The highest BCUT2D eigenvalue weighted by Gasteiger charge is 2.26. The molecule has 16 heavy (non-hydrogen) atoms. The number of rotatable bonds is 3. The summed E-state index contributed by atoms with van der Waals surface area (Å²) in [6.07, 6.45) is 2.20. The molecule has 2 atom stereocenters. The number of hydrogen-bond acceptors (Lipinski definition) is 3. The number of hydrazine groups is 1. The lowest BCUT2D eigenvalue weighted by Gasteiger charge is -2.22. The number of nitrogens with two attached hydrogens (primary N) is 1. The molecule has 2 rings (SSSR count). The van der Waals surface area contributed by atoms with Gasteiger partial charge in [-0.2, -0.15) is 11.8 Å². The van der Waals surface area contributed by atoms with Crippen LogP contribution in [-0.2, 0) is 0 Å². The minimum Gasteiger partial charge on any atom is -0.271 e. The second-order valence-electron chi connectivity index (χ2n) is 3.87. The van der Waals surface area contributed by atoms with Crippen LogP contribution in [0, 0.1) is 11.6 Å². The van der Waals surface area contributed by atoms with Crippen molar-refractivity contribution in [1.82, 2.24) is 5.43 Å². The van der Waals surface area contributed by atoms with E-state index in [1.165, 1.54) is 6.07 Å². The van der Waals surface area contributed by atoms with Crippen LogP contribution in [0.1, 0.15) is 24.4 Å². The molecular weight excluding hydrogens is 230 g/mol. The second kappa shape index (κ2) is 5.12. The smallest absolute Gasteiger partial charge is 0.159 e. The number of benzene rings is 1. The average Bonchev–Trinajstić information content (AvgIpc) is 2.78. The maximum atomic E-state index is 13.1. The first-order chi connectivity index (χ1) is 7.72. The van der Waals surface area contributed by atoms with E-state index in [0.29, 0.717) is 10.8 Å². The molecule has 0 radical (unpaired) electrons. The fraction of sp³-hybridized carbons (Fsp3) is 0.455. The standard InChI is InChI=1S/C11H14F2N2S/c12-8-4-3-7(6-9(8)13)11(15-14)10-2-1-5-16-10/h3-4,6,10-11,15H,1-2,5,14H2. The fourth-order valence-electron chi connectivity index (χ4n) is 1.99. The third-order valence-electron chi connectivity index (χ3n) is 2.82. The Morgan fingerprint density at radius 1 is 1.38 bits per heavy atom. The van der Waals surface area contributed by atoms with E-state index < -0.39 is 11.6 Å². The molecule has 0 bridgehead atoms. The second-order valence-corrected chi connectivity index (χ2v) is 5.22. The van der Waals surface area contributed by atoms with E-state index in [9.17, 15) is 8.78 Å². The summed E-state index contributed by atoms with van der Waals surface area (Å²) in [6, 6.07) is 3.84. The zero-order valence-electron chi connectivity index (χ0n) is 8.75. The summed E-state index contributed by atoms with van der Waals surface area (Å²) < 4.78 is 25.9. The average molecular weight is 244 g/mol. The van der Waals surface area contributed by atoms with Crippen molar-refractivity contribution in [3.05, 3.63) is 35.4 Å². The lowest BCUT2D eigenvalue weighted by molar-refractivity contribution is 0.490. The first kappa shape index (κ1) is 11.8. The molecule has 2 unspecified atom stereocenters. The van der Waals surface area contributed by atoms with Gasteiger partial charge in [-0.15, -0.1) is 0 Å². The molecule has 2 nitrogen and oxygen atoms in total. The third kappa shape index (κ3) is 2.36. The van der Waals surface area contributed by atoms with Crippen molar-refractivity contribution in [2.45, 2.75) is 24.1 Å². The molecule has 88 valence electrons. The largest absolute Gasteiger partial charge is 0.271 e. The normalized spacial score (nSPS) is 22.3. The molecule has 0 spiro atoms. The summed E-state index contributed by atoms with van der Waals surface area (Å²) in [5.74, 6) is 4.96. The molecule has 1 aromatic rings. The van der Waals surface area contributed by atoms with Crippen LogP contribution in [0.4, 0.5) is 8.78 Å². The monoisotopic (exact) mass is 244 g/mol. The van der Waals surface area contributed by atoms with E-state index in [4.69, 9.17) is 5.84 Å². The molecule has 1 aliphatic heterocycles. The van der Waals surface area contributed by atoms with Crippen LogP contribution in [0.25, 0.3) is 0 Å². The van der Waals surface area contributed by atoms with Gasteiger partial charge in [0.15, 0.2) is 11.6 Å². The number of hydrogen-bond donors (Lipinski definition) is 2. The Hall–Kier alpha value is -0.650. The van der Waals surface area contributed by atoms with Crippen molar-refractivity contribution >= 4 is 11.8 Å². The van der Waals surface area contributed by atoms with Crippen LogP contribution in [0.5, 0.6) is 0 Å². The summed E-state index contributed by atoms with van der Waals surface area (Å²) in [4.78, 5) is 0. The van der Waals surface area contributed by atoms with Crippen LogP contribution < -0.4 is 11.3 Å². The van der Waals surface area contributed by atoms with Gasteiger partial charge in [-0.05, 0) is 36.3 Å². The van der Waals surface area contributed by atoms with Gasteiger partial charge in [0.2, 0.25) is 0 Å². The van der Waals surface area contributed by atoms with Gasteiger partial charge in [-0.3, -0.25) is 11.3 Å². The maximum Gasteiger partial charge on any atom is 0.159 e. The van der Waals surface area contributed by atoms with Crippen molar-refractivity contribution in [3.63, 3.8) is 0 Å². The van der Waals surface area contributed by atoms with Crippen LogP contribution in [-0.4, -0.2) is 11.0 Å². The topological polar surface area (TPSA) is 38.0 Å². The van der Waals surface area contributed by atoms with Crippen molar-refractivity contribution in [3.8, 4) is 0 Å². The lowest BCUT2D eigenvalue weighted by atomic mass is 10.0. The summed E-state index contributed by atoms with van der Waals surface area (Å²) in [7, 11) is 0. The van der Waals surface area contributed by atoms with Gasteiger partial charge in [0.25, 0.3) is 0 Å². The van der Waals surface area contributed by atoms with Crippen LogP contribution in [0.2, 0.25) is 0 Å². The zero-order valence-corrected chi connectivity index (χ0v) is 9.57. The molecule has 1 aromatic carbocycles. The Morgan fingerprint density at radius 3 is 2.75 bits per heavy atom. The van der Waals surface area contributed by atoms with Crippen molar-refractivity contribution in [2.24, 2.45) is 5.84 Å². The van der Waals surface area contributed by atoms with Crippen LogP contribution in [0.15, 0.2) is 18.2 Å². The van der Waals surface area contributed by atoms with Crippen LogP contribution >= 0.6 is 11.8 Å². The highest BCUT2D eigenvalue weighted by atomic mass is 32.2. The molecule has 1 heterocycles. The van der Waals surface area contributed by atoms with E-state index in [1.54, 1.807) is 6.07 Å². The quantitative estimate of drug-likeness (QED) is 0.633. The molecule has 1 saturated heterocycles. The molecule has 0 aliphatic carbocycles. The maximum absolute atomic E-state index is 13.1. The highest BCUT2D eigenvalue weighted by molar-refractivity contribution is 8.00.